The number of nitrogens with two attached hydrogens (primary N) is 1. The van der Waals surface area contributed by atoms with E-state index in [-0.39, 0.29) is 5.84 Å². The normalized spacial score (nSPS) is 10.5. The molecule has 0 aliphatic carbocycles. The molecule has 0 unspecified atom stereocenters. The third-order valence-corrected chi connectivity index (χ3v) is 2.37. The molecule has 0 aliphatic rings. The lowest BCUT2D eigenvalue weighted by atomic mass is 10.1. The molecule has 16 heavy (non-hydrogen) atoms. The van der Waals surface area contributed by atoms with Gasteiger partial charge in [-0.2, -0.15) is 0 Å². The van der Waals surface area contributed by atoms with Crippen molar-refractivity contribution in [2.45, 2.75) is 26.2 Å². The van der Waals surface area contributed by atoms with E-state index >= 15 is 0 Å². The number of nitrogens with zero attached hydrogens (tertiary/aromatic N) is 3. The Morgan fingerprint density at radius 2 is 2.19 bits per heavy atom. The Hall–Kier alpha value is -1.65. The van der Waals surface area contributed by atoms with Gasteiger partial charge in [-0.3, -0.25) is 5.41 Å². The van der Waals surface area contributed by atoms with Gasteiger partial charge in [0.2, 0.25) is 0 Å². The van der Waals surface area contributed by atoms with E-state index in [2.05, 4.69) is 23.8 Å². The van der Waals surface area contributed by atoms with Crippen LogP contribution >= 0.6 is 0 Å². The maximum atomic E-state index is 7.18. The first-order valence-corrected chi connectivity index (χ1v) is 5.36. The molecular weight excluding hydrogens is 202 g/mol. The lowest BCUT2D eigenvalue weighted by molar-refractivity contribution is 0.802. The maximum Gasteiger partial charge on any atom is 0.131 e. The van der Waals surface area contributed by atoms with Crippen LogP contribution in [-0.2, 0) is 0 Å². The number of amidine groups is 1. The Labute approximate surface area is 96.2 Å². The SMILES string of the molecule is CC(C)c1cc(N(C)CCC(=N)N)ncn1. The highest BCUT2D eigenvalue weighted by Gasteiger charge is 2.06. The highest BCUT2D eigenvalue weighted by atomic mass is 15.2. The van der Waals surface area contributed by atoms with Crippen molar-refractivity contribution in [2.24, 2.45) is 5.73 Å². The molecule has 0 saturated heterocycles. The monoisotopic (exact) mass is 221 g/mol. The fourth-order valence-electron chi connectivity index (χ4n) is 1.29. The third kappa shape index (κ3) is 3.49. The minimum absolute atomic E-state index is 0.199. The predicted octanol–water partition coefficient (Wildman–Crippen LogP) is 1.36. The molecule has 1 heterocycles. The van der Waals surface area contributed by atoms with Crippen LogP contribution < -0.4 is 10.6 Å². The number of rotatable bonds is 5. The molecule has 0 aliphatic heterocycles. The van der Waals surface area contributed by atoms with Gasteiger partial charge in [-0.05, 0) is 5.92 Å². The summed E-state index contributed by atoms with van der Waals surface area (Å²) in [6, 6.07) is 1.98. The van der Waals surface area contributed by atoms with Crippen LogP contribution in [0.25, 0.3) is 0 Å². The number of hydrogen-bond donors (Lipinski definition) is 2. The van der Waals surface area contributed by atoms with Crippen LogP contribution in [0.4, 0.5) is 5.82 Å². The minimum Gasteiger partial charge on any atom is -0.388 e. The van der Waals surface area contributed by atoms with Crippen LogP contribution in [0, 0.1) is 5.41 Å². The van der Waals surface area contributed by atoms with Gasteiger partial charge in [0.1, 0.15) is 12.1 Å². The quantitative estimate of drug-likeness (QED) is 0.581. The molecule has 0 spiro atoms. The molecule has 0 amide bonds. The first-order chi connectivity index (χ1) is 7.50. The van der Waals surface area contributed by atoms with Crippen LogP contribution in [0.15, 0.2) is 12.4 Å². The van der Waals surface area contributed by atoms with E-state index in [1.165, 1.54) is 0 Å². The van der Waals surface area contributed by atoms with Gasteiger partial charge in [0.25, 0.3) is 0 Å². The lowest BCUT2D eigenvalue weighted by Crippen LogP contribution is -2.24. The summed E-state index contributed by atoms with van der Waals surface area (Å²) in [6.07, 6.45) is 2.13. The smallest absolute Gasteiger partial charge is 0.131 e. The molecule has 0 atom stereocenters. The minimum atomic E-state index is 0.199. The van der Waals surface area contributed by atoms with E-state index in [1.54, 1.807) is 6.33 Å². The third-order valence-electron chi connectivity index (χ3n) is 2.37. The molecule has 0 fully saturated rings. The first-order valence-electron chi connectivity index (χ1n) is 5.36. The zero-order chi connectivity index (χ0) is 12.1. The molecule has 0 bridgehead atoms. The highest BCUT2D eigenvalue weighted by molar-refractivity contribution is 5.77. The molecule has 88 valence electrons. The molecule has 0 aromatic carbocycles. The molecular formula is C11H19N5. The molecule has 0 radical (unpaired) electrons. The number of nitrogens with one attached hydrogen (secondary N) is 1. The molecule has 3 N–H and O–H groups in total. The van der Waals surface area contributed by atoms with Gasteiger partial charge in [-0.15, -0.1) is 0 Å². The zero-order valence-electron chi connectivity index (χ0n) is 10.1. The Bertz CT molecular complexity index is 361. The van der Waals surface area contributed by atoms with Gasteiger partial charge in [0, 0.05) is 31.8 Å². The van der Waals surface area contributed by atoms with Crippen molar-refractivity contribution in [3.63, 3.8) is 0 Å². The van der Waals surface area contributed by atoms with Crippen molar-refractivity contribution in [1.82, 2.24) is 9.97 Å². The van der Waals surface area contributed by atoms with Crippen molar-refractivity contribution in [3.05, 3.63) is 18.1 Å². The Morgan fingerprint density at radius 3 is 2.75 bits per heavy atom. The largest absolute Gasteiger partial charge is 0.388 e. The van der Waals surface area contributed by atoms with Crippen molar-refractivity contribution in [2.75, 3.05) is 18.5 Å². The van der Waals surface area contributed by atoms with Gasteiger partial charge < -0.3 is 10.6 Å². The van der Waals surface area contributed by atoms with E-state index in [0.717, 1.165) is 11.5 Å². The van der Waals surface area contributed by atoms with Crippen molar-refractivity contribution in [1.29, 1.82) is 5.41 Å². The van der Waals surface area contributed by atoms with Gasteiger partial charge >= 0.3 is 0 Å². The van der Waals surface area contributed by atoms with E-state index in [4.69, 9.17) is 11.1 Å². The Morgan fingerprint density at radius 1 is 1.50 bits per heavy atom. The van der Waals surface area contributed by atoms with Crippen LogP contribution in [0.2, 0.25) is 0 Å². The number of aromatic nitrogens is 2. The fraction of sp³-hybridized carbons (Fsp3) is 0.545. The lowest BCUT2D eigenvalue weighted by Gasteiger charge is -2.18. The summed E-state index contributed by atoms with van der Waals surface area (Å²) in [5.74, 6) is 1.47. The molecule has 1 aromatic rings. The van der Waals surface area contributed by atoms with Gasteiger partial charge in [0.05, 0.1) is 5.84 Å². The van der Waals surface area contributed by atoms with Crippen molar-refractivity contribution < 1.29 is 0 Å². The highest BCUT2D eigenvalue weighted by Crippen LogP contribution is 2.15. The zero-order valence-corrected chi connectivity index (χ0v) is 10.1. The summed E-state index contributed by atoms with van der Waals surface area (Å²) in [5, 5.41) is 7.18. The predicted molar refractivity (Wildman–Crippen MR) is 65.9 cm³/mol. The summed E-state index contributed by atoms with van der Waals surface area (Å²) < 4.78 is 0. The fourth-order valence-corrected chi connectivity index (χ4v) is 1.29. The van der Waals surface area contributed by atoms with Crippen LogP contribution in [0.1, 0.15) is 31.9 Å². The van der Waals surface area contributed by atoms with Gasteiger partial charge in [-0.25, -0.2) is 9.97 Å². The molecule has 5 nitrogen and oxygen atoms in total. The maximum absolute atomic E-state index is 7.18. The van der Waals surface area contributed by atoms with Crippen LogP contribution in [0.5, 0.6) is 0 Å². The summed E-state index contributed by atoms with van der Waals surface area (Å²) in [7, 11) is 1.94. The molecule has 1 rings (SSSR count). The number of anilines is 1. The van der Waals surface area contributed by atoms with E-state index in [9.17, 15) is 0 Å². The van der Waals surface area contributed by atoms with Crippen LogP contribution in [-0.4, -0.2) is 29.4 Å². The average molecular weight is 221 g/mol. The summed E-state index contributed by atoms with van der Waals surface area (Å²) in [4.78, 5) is 10.4. The second kappa shape index (κ2) is 5.44. The van der Waals surface area contributed by atoms with Crippen LogP contribution in [0.3, 0.4) is 0 Å². The van der Waals surface area contributed by atoms with E-state index in [1.807, 2.05) is 18.0 Å². The second-order valence-electron chi connectivity index (χ2n) is 4.15. The van der Waals surface area contributed by atoms with E-state index < -0.39 is 0 Å². The standard InChI is InChI=1S/C11H19N5/c1-8(2)9-6-11(15-7-14-9)16(3)5-4-10(12)13/h6-8H,4-5H2,1-3H3,(H3,12,13). The average Bonchev–Trinajstić information content (AvgIpc) is 2.26. The van der Waals surface area contributed by atoms with Gasteiger partial charge in [0.15, 0.2) is 0 Å². The molecule has 0 saturated carbocycles. The van der Waals surface area contributed by atoms with Gasteiger partial charge in [-0.1, -0.05) is 13.8 Å². The number of hydrogen-bond acceptors (Lipinski definition) is 4. The Kier molecular flexibility index (Phi) is 4.22. The van der Waals surface area contributed by atoms with E-state index in [0.29, 0.717) is 18.9 Å². The summed E-state index contributed by atoms with van der Waals surface area (Å²) in [5.41, 5.74) is 6.35. The Balaban J connectivity index is 2.71. The summed E-state index contributed by atoms with van der Waals surface area (Å²) >= 11 is 0. The summed E-state index contributed by atoms with van der Waals surface area (Å²) in [6.45, 7) is 4.90. The van der Waals surface area contributed by atoms with Crippen molar-refractivity contribution >= 4 is 11.7 Å². The second-order valence-corrected chi connectivity index (χ2v) is 4.15. The molecule has 5 heteroatoms. The van der Waals surface area contributed by atoms with Crippen molar-refractivity contribution in [3.8, 4) is 0 Å². The topological polar surface area (TPSA) is 78.9 Å². The first kappa shape index (κ1) is 12.4. The molecule has 1 aromatic heterocycles.